The molecule has 0 saturated carbocycles. The average Bonchev–Trinajstić information content (AvgIpc) is 2.90. The zero-order chi connectivity index (χ0) is 14.0. The molecule has 0 bridgehead atoms. The Balaban J connectivity index is 2.18. The Morgan fingerprint density at radius 3 is 2.68 bits per heavy atom. The van der Waals surface area contributed by atoms with Crippen molar-refractivity contribution in [3.05, 3.63) is 23.0 Å². The van der Waals surface area contributed by atoms with Gasteiger partial charge in [-0.05, 0) is 18.8 Å². The highest BCUT2D eigenvalue weighted by Crippen LogP contribution is 2.28. The van der Waals surface area contributed by atoms with Crippen molar-refractivity contribution in [3.8, 4) is 0 Å². The number of rotatable bonds is 6. The molecule has 0 aromatic carbocycles. The molecule has 105 valence electrons. The second-order valence-electron chi connectivity index (χ2n) is 5.41. The lowest BCUT2D eigenvalue weighted by molar-refractivity contribution is 0.646. The fraction of sp³-hybridized carbons (Fsp3) is 0.643. The minimum Gasteiger partial charge on any atom is -0.279 e. The first-order chi connectivity index (χ1) is 9.04. The summed E-state index contributed by atoms with van der Waals surface area (Å²) in [6.07, 6.45) is 5.65. The number of fused-ring (bicyclic) bond motifs is 1. The summed E-state index contributed by atoms with van der Waals surface area (Å²) >= 11 is 6.33. The molecule has 2 aromatic rings. The van der Waals surface area contributed by atoms with Crippen molar-refractivity contribution >= 4 is 17.2 Å². The van der Waals surface area contributed by atoms with Crippen LogP contribution in [0.5, 0.6) is 0 Å². The SMILES string of the molecule is CCC[CH]CC(C)c1nc2c(Cl)c(C(C)C)[nH]n2n1. The third-order valence-electron chi connectivity index (χ3n) is 3.31. The molecule has 0 amide bonds. The van der Waals surface area contributed by atoms with E-state index in [4.69, 9.17) is 11.6 Å². The first-order valence-electron chi connectivity index (χ1n) is 7.00. The van der Waals surface area contributed by atoms with E-state index >= 15 is 0 Å². The highest BCUT2D eigenvalue weighted by molar-refractivity contribution is 6.34. The molecule has 2 aromatic heterocycles. The quantitative estimate of drug-likeness (QED) is 0.801. The van der Waals surface area contributed by atoms with Crippen LogP contribution in [-0.2, 0) is 0 Å². The molecule has 0 aliphatic rings. The van der Waals surface area contributed by atoms with Gasteiger partial charge in [-0.3, -0.25) is 5.10 Å². The minimum atomic E-state index is 0.332. The fourth-order valence-electron chi connectivity index (χ4n) is 2.10. The lowest BCUT2D eigenvalue weighted by Crippen LogP contribution is -1.99. The molecule has 2 rings (SSSR count). The predicted octanol–water partition coefficient (Wildman–Crippen LogP) is 4.33. The van der Waals surface area contributed by atoms with Gasteiger partial charge in [0, 0.05) is 5.92 Å². The van der Waals surface area contributed by atoms with Gasteiger partial charge in [-0.15, -0.1) is 5.10 Å². The molecule has 1 atom stereocenters. The number of nitrogens with one attached hydrogen (secondary N) is 1. The van der Waals surface area contributed by atoms with Crippen molar-refractivity contribution in [2.24, 2.45) is 0 Å². The van der Waals surface area contributed by atoms with Crippen molar-refractivity contribution in [1.82, 2.24) is 19.8 Å². The maximum absolute atomic E-state index is 6.33. The molecular weight excluding hydrogens is 260 g/mol. The number of aromatic nitrogens is 4. The predicted molar refractivity (Wildman–Crippen MR) is 78.7 cm³/mol. The maximum atomic E-state index is 6.33. The minimum absolute atomic E-state index is 0.332. The number of hydrogen-bond acceptors (Lipinski definition) is 2. The third kappa shape index (κ3) is 2.94. The van der Waals surface area contributed by atoms with Gasteiger partial charge in [0.25, 0.3) is 0 Å². The van der Waals surface area contributed by atoms with E-state index in [0.717, 1.165) is 30.0 Å². The van der Waals surface area contributed by atoms with Gasteiger partial charge in [-0.1, -0.05) is 52.1 Å². The van der Waals surface area contributed by atoms with Crippen molar-refractivity contribution in [2.45, 2.75) is 58.8 Å². The topological polar surface area (TPSA) is 46.0 Å². The van der Waals surface area contributed by atoms with Crippen molar-refractivity contribution < 1.29 is 0 Å². The third-order valence-corrected chi connectivity index (χ3v) is 3.69. The van der Waals surface area contributed by atoms with Crippen molar-refractivity contribution in [1.29, 1.82) is 0 Å². The Morgan fingerprint density at radius 2 is 2.11 bits per heavy atom. The summed E-state index contributed by atoms with van der Waals surface area (Å²) in [6.45, 7) is 8.53. The van der Waals surface area contributed by atoms with Crippen molar-refractivity contribution in [2.75, 3.05) is 0 Å². The largest absolute Gasteiger partial charge is 0.279 e. The first-order valence-corrected chi connectivity index (χ1v) is 7.38. The van der Waals surface area contributed by atoms with E-state index in [-0.39, 0.29) is 0 Å². The second-order valence-corrected chi connectivity index (χ2v) is 5.79. The molecule has 0 fully saturated rings. The van der Waals surface area contributed by atoms with E-state index in [9.17, 15) is 0 Å². The Labute approximate surface area is 119 Å². The number of hydrogen-bond donors (Lipinski definition) is 1. The molecule has 0 spiro atoms. The van der Waals surface area contributed by atoms with E-state index in [0.29, 0.717) is 16.9 Å². The van der Waals surface area contributed by atoms with Crippen molar-refractivity contribution in [3.63, 3.8) is 0 Å². The van der Waals surface area contributed by atoms with E-state index in [2.05, 4.69) is 49.3 Å². The molecule has 0 aliphatic carbocycles. The van der Waals surface area contributed by atoms with Gasteiger partial charge in [0.15, 0.2) is 11.5 Å². The van der Waals surface area contributed by atoms with E-state index in [1.165, 1.54) is 6.42 Å². The van der Waals surface area contributed by atoms with Crippen LogP contribution in [0.25, 0.3) is 5.65 Å². The van der Waals surface area contributed by atoms with Gasteiger partial charge in [-0.2, -0.15) is 4.63 Å². The van der Waals surface area contributed by atoms with Gasteiger partial charge in [0.2, 0.25) is 0 Å². The van der Waals surface area contributed by atoms with Gasteiger partial charge >= 0.3 is 0 Å². The van der Waals surface area contributed by atoms with Crippen LogP contribution >= 0.6 is 11.6 Å². The van der Waals surface area contributed by atoms with Gasteiger partial charge in [-0.25, -0.2) is 4.98 Å². The molecule has 0 saturated heterocycles. The molecular formula is C14H22ClN4. The molecule has 1 unspecified atom stereocenters. The first kappa shape index (κ1) is 14.4. The average molecular weight is 282 g/mol. The fourth-order valence-corrected chi connectivity index (χ4v) is 2.48. The lowest BCUT2D eigenvalue weighted by atomic mass is 10.0. The number of aromatic amines is 1. The highest BCUT2D eigenvalue weighted by Gasteiger charge is 2.18. The van der Waals surface area contributed by atoms with Gasteiger partial charge in [0.1, 0.15) is 5.02 Å². The summed E-state index contributed by atoms with van der Waals surface area (Å²) in [6, 6.07) is 0. The van der Waals surface area contributed by atoms with E-state index in [1.54, 1.807) is 4.63 Å². The van der Waals surface area contributed by atoms with Crippen LogP contribution in [0.3, 0.4) is 0 Å². The molecule has 4 nitrogen and oxygen atoms in total. The Hall–Kier alpha value is -1.03. The molecule has 2 heterocycles. The Morgan fingerprint density at radius 1 is 1.37 bits per heavy atom. The van der Waals surface area contributed by atoms with Crippen LogP contribution in [-0.4, -0.2) is 19.8 Å². The lowest BCUT2D eigenvalue weighted by Gasteiger charge is -2.05. The molecule has 5 heteroatoms. The Kier molecular flexibility index (Phi) is 4.50. The molecule has 1 N–H and O–H groups in total. The molecule has 0 aliphatic heterocycles. The standard InChI is InChI=1S/C14H22ClN4/c1-5-6-7-8-10(4)13-16-14-11(15)12(9(2)3)17-19(14)18-13/h7,9-10,17H,5-6,8H2,1-4H3. The van der Waals surface area contributed by atoms with Crippen LogP contribution < -0.4 is 0 Å². The van der Waals surface area contributed by atoms with E-state index in [1.807, 2.05) is 0 Å². The second kappa shape index (κ2) is 5.95. The van der Waals surface area contributed by atoms with Crippen LogP contribution in [0, 0.1) is 6.42 Å². The Bertz CT molecular complexity index is 541. The van der Waals surface area contributed by atoms with Crippen LogP contribution in [0.4, 0.5) is 0 Å². The summed E-state index contributed by atoms with van der Waals surface area (Å²) in [4.78, 5) is 4.56. The van der Waals surface area contributed by atoms with Crippen LogP contribution in [0.15, 0.2) is 0 Å². The van der Waals surface area contributed by atoms with Crippen LogP contribution in [0.2, 0.25) is 5.02 Å². The van der Waals surface area contributed by atoms with Gasteiger partial charge in [0.05, 0.1) is 5.69 Å². The highest BCUT2D eigenvalue weighted by atomic mass is 35.5. The zero-order valence-electron chi connectivity index (χ0n) is 12.1. The number of unbranched alkanes of at least 4 members (excludes halogenated alkanes) is 2. The monoisotopic (exact) mass is 281 g/mol. The summed E-state index contributed by atoms with van der Waals surface area (Å²) in [5.41, 5.74) is 1.73. The number of H-pyrrole nitrogens is 1. The molecule has 1 radical (unpaired) electrons. The molecule has 19 heavy (non-hydrogen) atoms. The number of halogens is 1. The van der Waals surface area contributed by atoms with E-state index < -0.39 is 0 Å². The smallest absolute Gasteiger partial charge is 0.194 e. The summed E-state index contributed by atoms with van der Waals surface area (Å²) < 4.78 is 1.70. The zero-order valence-corrected chi connectivity index (χ0v) is 12.8. The summed E-state index contributed by atoms with van der Waals surface area (Å²) in [5, 5.41) is 8.40. The normalized spacial score (nSPS) is 13.6. The summed E-state index contributed by atoms with van der Waals surface area (Å²) in [7, 11) is 0. The summed E-state index contributed by atoms with van der Waals surface area (Å²) in [5.74, 6) is 1.53. The van der Waals surface area contributed by atoms with Gasteiger partial charge < -0.3 is 0 Å². The van der Waals surface area contributed by atoms with Crippen LogP contribution in [0.1, 0.15) is 70.3 Å². The maximum Gasteiger partial charge on any atom is 0.194 e. The number of nitrogens with zero attached hydrogens (tertiary/aromatic N) is 3.